The lowest BCUT2D eigenvalue weighted by Crippen LogP contribution is -2.35. The molecule has 1 fully saturated rings. The molecule has 2 heterocycles. The van der Waals surface area contributed by atoms with Gasteiger partial charge < -0.3 is 5.32 Å². The number of rotatable bonds is 7. The molecule has 0 saturated carbocycles. The van der Waals surface area contributed by atoms with Crippen molar-refractivity contribution < 1.29 is 13.2 Å². The Kier molecular flexibility index (Phi) is 7.11. The molecule has 33 heavy (non-hydrogen) atoms. The number of anilines is 1. The average molecular weight is 487 g/mol. The van der Waals surface area contributed by atoms with Crippen LogP contribution in [0.2, 0.25) is 0 Å². The van der Waals surface area contributed by atoms with E-state index < -0.39 is 15.3 Å². The smallest absolute Gasteiger partial charge is 0.243 e. The lowest BCUT2D eigenvalue weighted by molar-refractivity contribution is -0.115. The monoisotopic (exact) mass is 486 g/mol. The molecular weight excluding hydrogens is 460 g/mol. The molecule has 9 nitrogen and oxygen atoms in total. The van der Waals surface area contributed by atoms with Gasteiger partial charge in [0, 0.05) is 18.8 Å². The van der Waals surface area contributed by atoms with Crippen LogP contribution in [0.1, 0.15) is 31.7 Å². The van der Waals surface area contributed by atoms with E-state index >= 15 is 0 Å². The number of carbonyl (C=O) groups excluding carboxylic acids is 1. The fourth-order valence-corrected chi connectivity index (χ4v) is 5.85. The Morgan fingerprint density at radius 3 is 2.36 bits per heavy atom. The number of piperidine rings is 1. The molecule has 3 aromatic rings. The Morgan fingerprint density at radius 1 is 1.03 bits per heavy atom. The van der Waals surface area contributed by atoms with Gasteiger partial charge in [0.05, 0.1) is 15.8 Å². The SMILES string of the molecule is Cc1ccc(-n2nnnc2SC(C)C(=O)Nc2ccc(S(=O)(=O)N3CCCCC3)cc2)cc1. The predicted octanol–water partition coefficient (Wildman–Crippen LogP) is 3.26. The highest BCUT2D eigenvalue weighted by Gasteiger charge is 2.26. The van der Waals surface area contributed by atoms with Crippen LogP contribution in [0.4, 0.5) is 5.69 Å². The number of hydrogen-bond donors (Lipinski definition) is 1. The molecule has 1 atom stereocenters. The Balaban J connectivity index is 1.40. The van der Waals surface area contributed by atoms with Crippen molar-refractivity contribution in [1.29, 1.82) is 0 Å². The molecule has 1 unspecified atom stereocenters. The van der Waals surface area contributed by atoms with Crippen LogP contribution in [0, 0.1) is 6.92 Å². The Bertz CT molecular complexity index is 1200. The van der Waals surface area contributed by atoms with Gasteiger partial charge in [-0.25, -0.2) is 8.42 Å². The summed E-state index contributed by atoms with van der Waals surface area (Å²) in [5.41, 5.74) is 2.47. The first kappa shape index (κ1) is 23.4. The van der Waals surface area contributed by atoms with Crippen molar-refractivity contribution in [2.75, 3.05) is 18.4 Å². The molecule has 2 aromatic carbocycles. The van der Waals surface area contributed by atoms with E-state index in [0.717, 1.165) is 30.5 Å². The van der Waals surface area contributed by atoms with Crippen molar-refractivity contribution in [1.82, 2.24) is 24.5 Å². The van der Waals surface area contributed by atoms with Crippen molar-refractivity contribution in [2.45, 2.75) is 48.4 Å². The second kappa shape index (κ2) is 10.0. The second-order valence-electron chi connectivity index (χ2n) is 7.95. The first-order chi connectivity index (χ1) is 15.8. The quantitative estimate of drug-likeness (QED) is 0.510. The minimum Gasteiger partial charge on any atom is -0.325 e. The zero-order valence-corrected chi connectivity index (χ0v) is 20.1. The molecular formula is C22H26N6O3S2. The third kappa shape index (κ3) is 5.43. The summed E-state index contributed by atoms with van der Waals surface area (Å²) in [4.78, 5) is 13.0. The van der Waals surface area contributed by atoms with E-state index in [-0.39, 0.29) is 10.8 Å². The summed E-state index contributed by atoms with van der Waals surface area (Å²) in [6, 6.07) is 14.1. The van der Waals surface area contributed by atoms with Crippen molar-refractivity contribution >= 4 is 33.4 Å². The predicted molar refractivity (Wildman–Crippen MR) is 127 cm³/mol. The van der Waals surface area contributed by atoms with Crippen molar-refractivity contribution in [3.63, 3.8) is 0 Å². The molecule has 0 bridgehead atoms. The molecule has 1 aliphatic heterocycles. The Labute approximate surface area is 197 Å². The summed E-state index contributed by atoms with van der Waals surface area (Å²) in [7, 11) is -3.50. The van der Waals surface area contributed by atoms with Crippen molar-refractivity contribution in [3.05, 3.63) is 54.1 Å². The fourth-order valence-electron chi connectivity index (χ4n) is 3.52. The zero-order valence-electron chi connectivity index (χ0n) is 18.5. The second-order valence-corrected chi connectivity index (χ2v) is 11.2. The molecule has 0 aliphatic carbocycles. The fraction of sp³-hybridized carbons (Fsp3) is 0.364. The Hall–Kier alpha value is -2.76. The molecule has 4 rings (SSSR count). The highest BCUT2D eigenvalue weighted by molar-refractivity contribution is 8.00. The van der Waals surface area contributed by atoms with Crippen LogP contribution in [0.5, 0.6) is 0 Å². The molecule has 174 valence electrons. The lowest BCUT2D eigenvalue weighted by Gasteiger charge is -2.25. The standard InChI is InChI=1S/C22H26N6O3S2/c1-16-6-10-19(11-7-16)28-22(24-25-26-28)32-17(2)21(29)23-18-8-12-20(13-9-18)33(30,31)27-14-4-3-5-15-27/h6-13,17H,3-5,14-15H2,1-2H3,(H,23,29). The number of sulfonamides is 1. The first-order valence-corrected chi connectivity index (χ1v) is 13.1. The third-order valence-electron chi connectivity index (χ3n) is 5.45. The number of aryl methyl sites for hydroxylation is 1. The van der Waals surface area contributed by atoms with Crippen LogP contribution >= 0.6 is 11.8 Å². The van der Waals surface area contributed by atoms with Crippen LogP contribution in [-0.4, -0.2) is 57.2 Å². The number of nitrogens with zero attached hydrogens (tertiary/aromatic N) is 5. The molecule has 0 radical (unpaired) electrons. The molecule has 1 aromatic heterocycles. The van der Waals surface area contributed by atoms with Gasteiger partial charge in [0.15, 0.2) is 0 Å². The number of benzene rings is 2. The van der Waals surface area contributed by atoms with E-state index in [1.807, 2.05) is 31.2 Å². The maximum Gasteiger partial charge on any atom is 0.243 e. The van der Waals surface area contributed by atoms with Crippen LogP contribution in [0.3, 0.4) is 0 Å². The largest absolute Gasteiger partial charge is 0.325 e. The van der Waals surface area contributed by atoms with Crippen LogP contribution in [-0.2, 0) is 14.8 Å². The number of tetrazole rings is 1. The van der Waals surface area contributed by atoms with E-state index in [2.05, 4.69) is 20.8 Å². The van der Waals surface area contributed by atoms with Gasteiger partial charge in [0.25, 0.3) is 0 Å². The summed E-state index contributed by atoms with van der Waals surface area (Å²) < 4.78 is 28.7. The number of carbonyl (C=O) groups is 1. The summed E-state index contributed by atoms with van der Waals surface area (Å²) >= 11 is 1.24. The Morgan fingerprint density at radius 2 is 1.70 bits per heavy atom. The van der Waals surface area contributed by atoms with E-state index in [1.54, 1.807) is 23.7 Å². The third-order valence-corrected chi connectivity index (χ3v) is 8.39. The van der Waals surface area contributed by atoms with Gasteiger partial charge in [-0.15, -0.1) is 5.10 Å². The highest BCUT2D eigenvalue weighted by atomic mass is 32.2. The summed E-state index contributed by atoms with van der Waals surface area (Å²) in [6.07, 6.45) is 2.83. The lowest BCUT2D eigenvalue weighted by atomic mass is 10.2. The van der Waals surface area contributed by atoms with E-state index in [9.17, 15) is 13.2 Å². The van der Waals surface area contributed by atoms with Gasteiger partial charge in [-0.2, -0.15) is 8.99 Å². The van der Waals surface area contributed by atoms with Gasteiger partial charge >= 0.3 is 0 Å². The number of amides is 1. The maximum atomic E-state index is 12.8. The van der Waals surface area contributed by atoms with Crippen LogP contribution < -0.4 is 5.32 Å². The van der Waals surface area contributed by atoms with E-state index in [0.29, 0.717) is 23.9 Å². The molecule has 1 amide bonds. The van der Waals surface area contributed by atoms with Gasteiger partial charge in [-0.05, 0) is 73.5 Å². The average Bonchev–Trinajstić information content (AvgIpc) is 3.28. The van der Waals surface area contributed by atoms with Gasteiger partial charge in [0.1, 0.15) is 0 Å². The van der Waals surface area contributed by atoms with E-state index in [4.69, 9.17) is 0 Å². The molecule has 1 aliphatic rings. The molecule has 0 spiro atoms. The molecule has 1 saturated heterocycles. The molecule has 11 heteroatoms. The van der Waals surface area contributed by atoms with Crippen molar-refractivity contribution in [2.24, 2.45) is 0 Å². The minimum absolute atomic E-state index is 0.231. The maximum absolute atomic E-state index is 12.8. The van der Waals surface area contributed by atoms with Gasteiger partial charge in [0.2, 0.25) is 21.1 Å². The number of nitrogens with one attached hydrogen (secondary N) is 1. The van der Waals surface area contributed by atoms with Gasteiger partial charge in [-0.1, -0.05) is 35.9 Å². The summed E-state index contributed by atoms with van der Waals surface area (Å²) in [6.45, 7) is 4.87. The summed E-state index contributed by atoms with van der Waals surface area (Å²) in [5, 5.41) is 14.7. The normalized spacial score (nSPS) is 15.8. The van der Waals surface area contributed by atoms with E-state index in [1.165, 1.54) is 28.2 Å². The first-order valence-electron chi connectivity index (χ1n) is 10.8. The topological polar surface area (TPSA) is 110 Å². The zero-order chi connectivity index (χ0) is 23.4. The van der Waals surface area contributed by atoms with Crippen LogP contribution in [0.15, 0.2) is 58.6 Å². The summed E-state index contributed by atoms with van der Waals surface area (Å²) in [5.74, 6) is -0.231. The van der Waals surface area contributed by atoms with Gasteiger partial charge in [-0.3, -0.25) is 4.79 Å². The highest BCUT2D eigenvalue weighted by Crippen LogP contribution is 2.25. The van der Waals surface area contributed by atoms with Crippen LogP contribution in [0.25, 0.3) is 5.69 Å². The number of aromatic nitrogens is 4. The van der Waals surface area contributed by atoms with Crippen molar-refractivity contribution in [3.8, 4) is 5.69 Å². The number of hydrogen-bond acceptors (Lipinski definition) is 7. The minimum atomic E-state index is -3.50. The number of thioether (sulfide) groups is 1. The molecule has 1 N–H and O–H groups in total.